The van der Waals surface area contributed by atoms with Gasteiger partial charge in [0, 0.05) is 11.9 Å². The summed E-state index contributed by atoms with van der Waals surface area (Å²) in [5.74, 6) is -1.82. The van der Waals surface area contributed by atoms with Crippen molar-refractivity contribution < 1.29 is 66.1 Å². The number of benzene rings is 1. The number of carboxylic acids is 1. The van der Waals surface area contributed by atoms with Gasteiger partial charge < -0.3 is 15.2 Å². The number of hydrogen-bond acceptors (Lipinski definition) is 4. The Bertz CT molecular complexity index is 685. The van der Waals surface area contributed by atoms with Crippen LogP contribution in [0.25, 0.3) is 10.9 Å². The zero-order valence-electron chi connectivity index (χ0n) is 10.4. The smallest absolute Gasteiger partial charge is 0.543 e. The Kier molecular flexibility index (Phi) is 4.37. The van der Waals surface area contributed by atoms with Gasteiger partial charge in [-0.25, -0.2) is 4.98 Å². The minimum atomic E-state index is -1.42. The second-order valence-electron chi connectivity index (χ2n) is 4.12. The van der Waals surface area contributed by atoms with E-state index in [1.165, 1.54) is 0 Å². The minimum Gasteiger partial charge on any atom is -0.543 e. The second kappa shape index (κ2) is 5.68. The SMILES string of the molecule is O=C([O-])c1nc2ccccc2c2c1C(=O)NCC2.[K+]. The maximum atomic E-state index is 11.8. The Morgan fingerprint density at radius 1 is 1.32 bits per heavy atom. The molecule has 0 spiro atoms. The molecule has 2 heterocycles. The number of fused-ring (bicyclic) bond motifs is 3. The average molecular weight is 280 g/mol. The number of nitrogens with zero attached hydrogens (tertiary/aromatic N) is 1. The zero-order valence-corrected chi connectivity index (χ0v) is 13.5. The van der Waals surface area contributed by atoms with E-state index in [4.69, 9.17) is 0 Å². The number of pyridine rings is 1. The molecule has 0 saturated carbocycles. The van der Waals surface area contributed by atoms with Gasteiger partial charge in [-0.3, -0.25) is 4.79 Å². The summed E-state index contributed by atoms with van der Waals surface area (Å²) < 4.78 is 0. The van der Waals surface area contributed by atoms with Crippen LogP contribution in [0.5, 0.6) is 0 Å². The Morgan fingerprint density at radius 3 is 2.79 bits per heavy atom. The Labute approximate surface area is 151 Å². The van der Waals surface area contributed by atoms with E-state index >= 15 is 0 Å². The molecule has 0 saturated heterocycles. The predicted octanol–water partition coefficient (Wildman–Crippen LogP) is -3.11. The van der Waals surface area contributed by atoms with E-state index in [0.717, 1.165) is 10.9 Å². The van der Waals surface area contributed by atoms with Crippen molar-refractivity contribution in [2.45, 2.75) is 6.42 Å². The molecule has 0 aliphatic carbocycles. The molecule has 90 valence electrons. The molecule has 1 amide bonds. The summed E-state index contributed by atoms with van der Waals surface area (Å²) in [6, 6.07) is 7.20. The minimum absolute atomic E-state index is 0. The molecule has 1 aliphatic rings. The van der Waals surface area contributed by atoms with E-state index in [0.29, 0.717) is 18.5 Å². The monoisotopic (exact) mass is 280 g/mol. The fourth-order valence-electron chi connectivity index (χ4n) is 2.32. The van der Waals surface area contributed by atoms with Crippen molar-refractivity contribution in [3.63, 3.8) is 0 Å². The first-order chi connectivity index (χ1) is 8.68. The summed E-state index contributed by atoms with van der Waals surface area (Å²) in [5, 5.41) is 14.6. The fraction of sp³-hybridized carbons (Fsp3) is 0.154. The summed E-state index contributed by atoms with van der Waals surface area (Å²) in [6.07, 6.45) is 0.602. The molecule has 6 heteroatoms. The van der Waals surface area contributed by atoms with Gasteiger partial charge in [0.15, 0.2) is 0 Å². The van der Waals surface area contributed by atoms with Crippen molar-refractivity contribution in [1.29, 1.82) is 0 Å². The maximum absolute atomic E-state index is 11.8. The van der Waals surface area contributed by atoms with E-state index < -0.39 is 11.9 Å². The number of para-hydroxylation sites is 1. The third-order valence-corrected chi connectivity index (χ3v) is 3.08. The van der Waals surface area contributed by atoms with Crippen molar-refractivity contribution >= 4 is 22.8 Å². The third kappa shape index (κ3) is 2.46. The largest absolute Gasteiger partial charge is 1.00 e. The number of rotatable bonds is 1. The molecule has 19 heavy (non-hydrogen) atoms. The van der Waals surface area contributed by atoms with Gasteiger partial charge >= 0.3 is 51.4 Å². The van der Waals surface area contributed by atoms with Crippen LogP contribution in [0, 0.1) is 0 Å². The van der Waals surface area contributed by atoms with E-state index in [-0.39, 0.29) is 62.6 Å². The van der Waals surface area contributed by atoms with Crippen LogP contribution in [-0.4, -0.2) is 23.4 Å². The molecule has 1 aromatic carbocycles. The normalized spacial score (nSPS) is 13.4. The van der Waals surface area contributed by atoms with Crippen LogP contribution in [0.4, 0.5) is 0 Å². The van der Waals surface area contributed by atoms with E-state index in [1.807, 2.05) is 12.1 Å². The molecule has 0 atom stereocenters. The summed E-state index contributed by atoms with van der Waals surface area (Å²) in [4.78, 5) is 26.9. The van der Waals surface area contributed by atoms with Crippen LogP contribution in [0.15, 0.2) is 24.3 Å². The van der Waals surface area contributed by atoms with Crippen LogP contribution in [0.1, 0.15) is 26.4 Å². The topological polar surface area (TPSA) is 82.1 Å². The van der Waals surface area contributed by atoms with Crippen LogP contribution in [0.3, 0.4) is 0 Å². The third-order valence-electron chi connectivity index (χ3n) is 3.08. The van der Waals surface area contributed by atoms with E-state index in [9.17, 15) is 14.7 Å². The van der Waals surface area contributed by atoms with E-state index in [1.54, 1.807) is 12.1 Å². The Hall–Kier alpha value is -0.794. The number of carbonyl (C=O) groups excluding carboxylic acids is 2. The molecule has 0 fully saturated rings. The second-order valence-corrected chi connectivity index (χ2v) is 4.12. The van der Waals surface area contributed by atoms with Gasteiger partial charge in [-0.15, -0.1) is 0 Å². The average Bonchev–Trinajstić information content (AvgIpc) is 2.38. The van der Waals surface area contributed by atoms with Gasteiger partial charge in [0.25, 0.3) is 5.91 Å². The van der Waals surface area contributed by atoms with Crippen molar-refractivity contribution in [1.82, 2.24) is 10.3 Å². The maximum Gasteiger partial charge on any atom is 1.00 e. The molecule has 1 N–H and O–H groups in total. The quantitative estimate of drug-likeness (QED) is 0.561. The molecular formula is C13H9KN2O3. The first kappa shape index (κ1) is 14.6. The van der Waals surface area contributed by atoms with Crippen molar-refractivity contribution in [2.75, 3.05) is 6.54 Å². The molecule has 2 aromatic rings. The number of nitrogens with one attached hydrogen (secondary N) is 1. The Morgan fingerprint density at radius 2 is 2.05 bits per heavy atom. The fourth-order valence-corrected chi connectivity index (χ4v) is 2.32. The summed E-state index contributed by atoms with van der Waals surface area (Å²) in [5.41, 5.74) is 1.18. The molecule has 0 unspecified atom stereocenters. The van der Waals surface area contributed by atoms with Gasteiger partial charge in [0.05, 0.1) is 22.7 Å². The number of hydrogen-bond donors (Lipinski definition) is 1. The Balaban J connectivity index is 0.00000133. The summed E-state index contributed by atoms with van der Waals surface area (Å²) in [7, 11) is 0. The molecule has 1 aliphatic heterocycles. The number of aromatic nitrogens is 1. The molecule has 0 bridgehead atoms. The van der Waals surface area contributed by atoms with Gasteiger partial charge in [0.1, 0.15) is 0 Å². The van der Waals surface area contributed by atoms with Crippen LogP contribution < -0.4 is 61.8 Å². The first-order valence-electron chi connectivity index (χ1n) is 5.59. The molecule has 3 rings (SSSR count). The summed E-state index contributed by atoms with van der Waals surface area (Å²) in [6.45, 7) is 0.506. The number of carbonyl (C=O) groups is 2. The summed E-state index contributed by atoms with van der Waals surface area (Å²) >= 11 is 0. The van der Waals surface area contributed by atoms with Gasteiger partial charge in [-0.05, 0) is 18.1 Å². The van der Waals surface area contributed by atoms with Gasteiger partial charge in [-0.1, -0.05) is 18.2 Å². The predicted molar refractivity (Wildman–Crippen MR) is 62.1 cm³/mol. The molecule has 1 aromatic heterocycles. The van der Waals surface area contributed by atoms with Crippen LogP contribution >= 0.6 is 0 Å². The first-order valence-corrected chi connectivity index (χ1v) is 5.59. The van der Waals surface area contributed by atoms with Crippen molar-refractivity contribution in [3.8, 4) is 0 Å². The molecule has 0 radical (unpaired) electrons. The number of amides is 1. The van der Waals surface area contributed by atoms with Crippen LogP contribution in [0.2, 0.25) is 0 Å². The number of carboxylic acid groups (broad SMARTS) is 1. The van der Waals surface area contributed by atoms with E-state index in [2.05, 4.69) is 10.3 Å². The van der Waals surface area contributed by atoms with Gasteiger partial charge in [-0.2, -0.15) is 0 Å². The van der Waals surface area contributed by atoms with Crippen LogP contribution in [-0.2, 0) is 6.42 Å². The number of aromatic carboxylic acids is 1. The molecule has 5 nitrogen and oxygen atoms in total. The van der Waals surface area contributed by atoms with Gasteiger partial charge in [0.2, 0.25) is 0 Å². The van der Waals surface area contributed by atoms with Crippen molar-refractivity contribution in [3.05, 3.63) is 41.1 Å². The molecular weight excluding hydrogens is 271 g/mol. The van der Waals surface area contributed by atoms with Crippen molar-refractivity contribution in [2.24, 2.45) is 0 Å². The standard InChI is InChI=1S/C13H10N2O3.K/c16-12-10-8(5-6-14-12)7-3-1-2-4-9(7)15-11(10)13(17)18;/h1-4H,5-6H2,(H,14,16)(H,17,18);/q;+1/p-1. The zero-order chi connectivity index (χ0) is 12.7.